The number of rotatable bonds is 5. The third-order valence-corrected chi connectivity index (χ3v) is 3.03. The second-order valence-corrected chi connectivity index (χ2v) is 4.44. The molecule has 1 heterocycles. The monoisotopic (exact) mass is 265 g/mol. The first-order valence-corrected chi connectivity index (χ1v) is 5.89. The van der Waals surface area contributed by atoms with Crippen LogP contribution in [0.1, 0.15) is 12.5 Å². The van der Waals surface area contributed by atoms with Crippen LogP contribution in [0.2, 0.25) is 0 Å². The summed E-state index contributed by atoms with van der Waals surface area (Å²) in [4.78, 5) is 21.9. The summed E-state index contributed by atoms with van der Waals surface area (Å²) >= 11 is 0. The summed E-state index contributed by atoms with van der Waals surface area (Å²) in [6, 6.07) is 3.04. The lowest BCUT2D eigenvalue weighted by Crippen LogP contribution is -2.18. The molecule has 1 aromatic carbocycles. The molecule has 102 valence electrons. The van der Waals surface area contributed by atoms with Gasteiger partial charge in [0.25, 0.3) is 5.69 Å². The molecule has 0 radical (unpaired) electrons. The van der Waals surface area contributed by atoms with Gasteiger partial charge in [-0.2, -0.15) is 0 Å². The highest BCUT2D eigenvalue weighted by Gasteiger charge is 2.24. The van der Waals surface area contributed by atoms with E-state index in [0.717, 1.165) is 0 Å². The highest BCUT2D eigenvalue weighted by molar-refractivity contribution is 6.00. The first kappa shape index (κ1) is 13.3. The standard InChI is InChI=1S/C12H15N3O4/c1-7(19-2)6-13-10-5-9-8(4-12(16)14-9)3-11(10)15(17)18/h3,5,7,13H,4,6H2,1-2H3,(H,14,16). The third-order valence-electron chi connectivity index (χ3n) is 3.03. The van der Waals surface area contributed by atoms with Crippen molar-refractivity contribution in [3.05, 3.63) is 27.8 Å². The number of carbonyl (C=O) groups excluding carboxylic acids is 1. The minimum atomic E-state index is -0.455. The van der Waals surface area contributed by atoms with Crippen LogP contribution < -0.4 is 10.6 Å². The fourth-order valence-electron chi connectivity index (χ4n) is 1.89. The maximum absolute atomic E-state index is 11.3. The molecule has 0 aliphatic carbocycles. The largest absolute Gasteiger partial charge is 0.380 e. The SMILES string of the molecule is COC(C)CNc1cc2c(cc1[N+](=O)[O-])CC(=O)N2. The fraction of sp³-hybridized carbons (Fsp3) is 0.417. The van der Waals surface area contributed by atoms with Gasteiger partial charge in [-0.15, -0.1) is 0 Å². The van der Waals surface area contributed by atoms with E-state index in [2.05, 4.69) is 10.6 Å². The summed E-state index contributed by atoms with van der Waals surface area (Å²) in [5, 5.41) is 16.7. The number of nitrogens with zero attached hydrogens (tertiary/aromatic N) is 1. The molecular weight excluding hydrogens is 250 g/mol. The lowest BCUT2D eigenvalue weighted by Gasteiger charge is -2.13. The molecule has 1 aromatic rings. The van der Waals surface area contributed by atoms with Gasteiger partial charge in [-0.3, -0.25) is 14.9 Å². The van der Waals surface area contributed by atoms with Crippen molar-refractivity contribution in [3.8, 4) is 0 Å². The maximum atomic E-state index is 11.3. The lowest BCUT2D eigenvalue weighted by molar-refractivity contribution is -0.384. The van der Waals surface area contributed by atoms with Crippen molar-refractivity contribution in [3.63, 3.8) is 0 Å². The number of benzene rings is 1. The number of nitro benzene ring substituents is 1. The van der Waals surface area contributed by atoms with Gasteiger partial charge in [-0.25, -0.2) is 0 Å². The quantitative estimate of drug-likeness (QED) is 0.622. The summed E-state index contributed by atoms with van der Waals surface area (Å²) in [5.41, 5.74) is 1.64. The van der Waals surface area contributed by atoms with Crippen molar-refractivity contribution in [1.82, 2.24) is 0 Å². The Labute approximate surface area is 110 Å². The molecule has 1 amide bonds. The van der Waals surface area contributed by atoms with Crippen LogP contribution >= 0.6 is 0 Å². The number of hydrogen-bond donors (Lipinski definition) is 2. The number of nitrogens with one attached hydrogen (secondary N) is 2. The number of anilines is 2. The molecule has 0 aromatic heterocycles. The molecule has 7 heteroatoms. The maximum Gasteiger partial charge on any atom is 0.292 e. The zero-order valence-corrected chi connectivity index (χ0v) is 10.7. The molecule has 0 saturated carbocycles. The van der Waals surface area contributed by atoms with Crippen LogP contribution in [0.25, 0.3) is 0 Å². The third kappa shape index (κ3) is 2.82. The fourth-order valence-corrected chi connectivity index (χ4v) is 1.89. The molecule has 1 aliphatic heterocycles. The van der Waals surface area contributed by atoms with Crippen LogP contribution in [-0.4, -0.2) is 30.6 Å². The molecule has 2 rings (SSSR count). The normalized spacial score (nSPS) is 14.7. The Morgan fingerprint density at radius 2 is 2.32 bits per heavy atom. The summed E-state index contributed by atoms with van der Waals surface area (Å²) in [6.45, 7) is 2.30. The molecule has 0 saturated heterocycles. The van der Waals surface area contributed by atoms with E-state index in [4.69, 9.17) is 4.74 Å². The van der Waals surface area contributed by atoms with Crippen molar-refractivity contribution in [1.29, 1.82) is 0 Å². The minimum Gasteiger partial charge on any atom is -0.380 e. The topological polar surface area (TPSA) is 93.5 Å². The predicted octanol–water partition coefficient (Wildman–Crippen LogP) is 1.54. The highest BCUT2D eigenvalue weighted by Crippen LogP contribution is 2.34. The Morgan fingerprint density at radius 1 is 1.58 bits per heavy atom. The molecule has 2 N–H and O–H groups in total. The number of methoxy groups -OCH3 is 1. The van der Waals surface area contributed by atoms with Crippen molar-refractivity contribution in [2.45, 2.75) is 19.4 Å². The van der Waals surface area contributed by atoms with Gasteiger partial charge in [0.1, 0.15) is 5.69 Å². The minimum absolute atomic E-state index is 0.0291. The Hall–Kier alpha value is -2.15. The van der Waals surface area contributed by atoms with E-state index >= 15 is 0 Å². The van der Waals surface area contributed by atoms with Crippen molar-refractivity contribution in [2.24, 2.45) is 0 Å². The smallest absolute Gasteiger partial charge is 0.292 e. The first-order chi connectivity index (χ1) is 9.01. The van der Waals surface area contributed by atoms with Crippen LogP contribution in [0, 0.1) is 10.1 Å². The second-order valence-electron chi connectivity index (χ2n) is 4.44. The van der Waals surface area contributed by atoms with E-state index in [1.807, 2.05) is 6.92 Å². The summed E-state index contributed by atoms with van der Waals surface area (Å²) in [5.74, 6) is -0.147. The van der Waals surface area contributed by atoms with Crippen molar-refractivity contribution < 1.29 is 14.5 Å². The number of fused-ring (bicyclic) bond motifs is 1. The molecule has 19 heavy (non-hydrogen) atoms. The van der Waals surface area contributed by atoms with Crippen LogP contribution in [0.15, 0.2) is 12.1 Å². The van der Waals surface area contributed by atoms with Gasteiger partial charge < -0.3 is 15.4 Å². The molecular formula is C12H15N3O4. The van der Waals surface area contributed by atoms with Gasteiger partial charge in [0.15, 0.2) is 0 Å². The van der Waals surface area contributed by atoms with E-state index < -0.39 is 4.92 Å². The summed E-state index contributed by atoms with van der Waals surface area (Å²) in [6.07, 6.45) is 0.118. The van der Waals surface area contributed by atoms with Crippen molar-refractivity contribution >= 4 is 23.0 Å². The van der Waals surface area contributed by atoms with Gasteiger partial charge >= 0.3 is 0 Å². The lowest BCUT2D eigenvalue weighted by atomic mass is 10.1. The van der Waals surface area contributed by atoms with Gasteiger partial charge in [-0.05, 0) is 18.6 Å². The van der Waals surface area contributed by atoms with Gasteiger partial charge in [0.2, 0.25) is 5.91 Å². The van der Waals surface area contributed by atoms with E-state index in [1.54, 1.807) is 13.2 Å². The number of hydrogen-bond acceptors (Lipinski definition) is 5. The predicted molar refractivity (Wildman–Crippen MR) is 70.4 cm³/mol. The molecule has 0 bridgehead atoms. The molecule has 0 fully saturated rings. The average Bonchev–Trinajstić information content (AvgIpc) is 2.73. The van der Waals surface area contributed by atoms with Crippen LogP contribution in [0.3, 0.4) is 0 Å². The van der Waals surface area contributed by atoms with Crippen LogP contribution in [0.4, 0.5) is 17.1 Å². The highest BCUT2D eigenvalue weighted by atomic mass is 16.6. The first-order valence-electron chi connectivity index (χ1n) is 5.89. The van der Waals surface area contributed by atoms with E-state index in [-0.39, 0.29) is 24.1 Å². The summed E-state index contributed by atoms with van der Waals surface area (Å²) in [7, 11) is 1.57. The van der Waals surface area contributed by atoms with E-state index in [1.165, 1.54) is 6.07 Å². The molecule has 1 atom stereocenters. The zero-order chi connectivity index (χ0) is 14.0. The van der Waals surface area contributed by atoms with Crippen LogP contribution in [0.5, 0.6) is 0 Å². The van der Waals surface area contributed by atoms with Gasteiger partial charge in [0, 0.05) is 25.4 Å². The van der Waals surface area contributed by atoms with Gasteiger partial charge in [-0.1, -0.05) is 0 Å². The molecule has 1 unspecified atom stereocenters. The second kappa shape index (κ2) is 5.23. The molecule has 7 nitrogen and oxygen atoms in total. The number of nitro groups is 1. The average molecular weight is 265 g/mol. The van der Waals surface area contributed by atoms with Crippen molar-refractivity contribution in [2.75, 3.05) is 24.3 Å². The molecule has 1 aliphatic rings. The number of amides is 1. The van der Waals surface area contributed by atoms with E-state index in [9.17, 15) is 14.9 Å². The Kier molecular flexibility index (Phi) is 3.66. The summed E-state index contributed by atoms with van der Waals surface area (Å²) < 4.78 is 5.08. The van der Waals surface area contributed by atoms with Crippen LogP contribution in [-0.2, 0) is 16.0 Å². The Balaban J connectivity index is 2.28. The zero-order valence-electron chi connectivity index (χ0n) is 10.7. The number of ether oxygens (including phenoxy) is 1. The van der Waals surface area contributed by atoms with E-state index in [0.29, 0.717) is 23.5 Å². The number of carbonyl (C=O) groups is 1. The van der Waals surface area contributed by atoms with Gasteiger partial charge in [0.05, 0.1) is 17.4 Å². The molecule has 0 spiro atoms. The Bertz CT molecular complexity index is 530. The Morgan fingerprint density at radius 3 is 2.95 bits per heavy atom.